The lowest BCUT2D eigenvalue weighted by Gasteiger charge is -2.31. The number of aryl methyl sites for hydroxylation is 1. The molecule has 3 unspecified atom stereocenters. The van der Waals surface area contributed by atoms with Crippen LogP contribution in [0, 0.1) is 11.8 Å². The van der Waals surface area contributed by atoms with Crippen molar-refractivity contribution in [2.75, 3.05) is 0 Å². The smallest absolute Gasteiger partial charge is 0.326 e. The molecule has 8 heteroatoms. The van der Waals surface area contributed by atoms with Crippen molar-refractivity contribution in [1.29, 1.82) is 0 Å². The molecule has 8 nitrogen and oxygen atoms in total. The fraction of sp³-hybridized carbons (Fsp3) is 0.357. The van der Waals surface area contributed by atoms with E-state index in [-0.39, 0.29) is 17.7 Å². The molecule has 2 heterocycles. The number of H-pyrrole nitrogens is 1. The Balaban J connectivity index is 1.29. The number of aromatic nitrogens is 2. The summed E-state index contributed by atoms with van der Waals surface area (Å²) in [7, 11) is 0. The summed E-state index contributed by atoms with van der Waals surface area (Å²) in [6.07, 6.45) is 6.63. The number of nitrogens with one attached hydrogen (secondary N) is 3. The number of carbonyl (C=O) groups excluding carboxylic acids is 3. The predicted molar refractivity (Wildman–Crippen MR) is 133 cm³/mol. The minimum absolute atomic E-state index is 0.118. The molecular weight excluding hydrogens is 454 g/mol. The third-order valence-electron chi connectivity index (χ3n) is 7.95. The molecule has 1 spiro atoms. The molecule has 1 aromatic heterocycles. The first-order valence-electron chi connectivity index (χ1n) is 12.6. The van der Waals surface area contributed by atoms with Crippen LogP contribution < -0.4 is 10.6 Å². The number of rotatable bonds is 7. The Morgan fingerprint density at radius 2 is 2.00 bits per heavy atom. The van der Waals surface area contributed by atoms with E-state index >= 15 is 0 Å². The Morgan fingerprint density at radius 1 is 1.19 bits per heavy atom. The summed E-state index contributed by atoms with van der Waals surface area (Å²) in [4.78, 5) is 49.5. The highest BCUT2D eigenvalue weighted by atomic mass is 16.2. The summed E-state index contributed by atoms with van der Waals surface area (Å²) in [6.45, 7) is 2.33. The molecule has 1 saturated carbocycles. The minimum Gasteiger partial charge on any atom is -0.350 e. The molecular formula is C28H29N5O3. The van der Waals surface area contributed by atoms with Crippen molar-refractivity contribution in [2.24, 2.45) is 11.8 Å². The summed E-state index contributed by atoms with van der Waals surface area (Å²) < 4.78 is 0. The van der Waals surface area contributed by atoms with Crippen LogP contribution in [0.15, 0.2) is 60.9 Å². The molecule has 6 rings (SSSR count). The van der Waals surface area contributed by atoms with Gasteiger partial charge in [0.15, 0.2) is 0 Å². The number of carbonyl (C=O) groups is 3. The highest BCUT2D eigenvalue weighted by molar-refractivity contribution is 6.10. The quantitative estimate of drug-likeness (QED) is 0.447. The second-order valence-electron chi connectivity index (χ2n) is 10.2. The molecule has 3 aliphatic rings. The molecule has 184 valence electrons. The number of aromatic amines is 1. The van der Waals surface area contributed by atoms with Crippen LogP contribution in [0.1, 0.15) is 42.9 Å². The Labute approximate surface area is 209 Å². The van der Waals surface area contributed by atoms with Crippen molar-refractivity contribution in [1.82, 2.24) is 25.5 Å². The zero-order valence-electron chi connectivity index (χ0n) is 20.2. The molecule has 1 aliphatic heterocycles. The van der Waals surface area contributed by atoms with E-state index in [0.29, 0.717) is 25.3 Å². The number of fused-ring (bicyclic) bond motifs is 2. The largest absolute Gasteiger partial charge is 0.350 e. The number of nitrogens with zero attached hydrogens (tertiary/aromatic N) is 2. The average Bonchev–Trinajstić information content (AvgIpc) is 3.38. The molecule has 2 aliphatic carbocycles. The molecule has 0 radical (unpaired) electrons. The summed E-state index contributed by atoms with van der Waals surface area (Å²) in [5.41, 5.74) is 2.59. The van der Waals surface area contributed by atoms with Crippen molar-refractivity contribution in [3.63, 3.8) is 0 Å². The molecule has 3 atom stereocenters. The van der Waals surface area contributed by atoms with Gasteiger partial charge < -0.3 is 15.6 Å². The molecule has 3 aromatic rings. The predicted octanol–water partition coefficient (Wildman–Crippen LogP) is 3.50. The number of hydrogen-bond donors (Lipinski definition) is 3. The van der Waals surface area contributed by atoms with Crippen molar-refractivity contribution in [3.8, 4) is 11.4 Å². The van der Waals surface area contributed by atoms with Gasteiger partial charge >= 0.3 is 6.03 Å². The highest BCUT2D eigenvalue weighted by Crippen LogP contribution is 2.45. The number of imide groups is 1. The van der Waals surface area contributed by atoms with Gasteiger partial charge in [-0.3, -0.25) is 9.59 Å². The summed E-state index contributed by atoms with van der Waals surface area (Å²) in [5.74, 6) is 0.360. The van der Waals surface area contributed by atoms with Gasteiger partial charge in [0, 0.05) is 24.5 Å². The van der Waals surface area contributed by atoms with Crippen LogP contribution in [0.5, 0.6) is 0 Å². The first-order chi connectivity index (χ1) is 17.5. The highest BCUT2D eigenvalue weighted by Gasteiger charge is 2.59. The average molecular weight is 484 g/mol. The fourth-order valence-electron chi connectivity index (χ4n) is 5.80. The topological polar surface area (TPSA) is 107 Å². The third-order valence-corrected chi connectivity index (χ3v) is 7.95. The van der Waals surface area contributed by atoms with E-state index in [1.54, 1.807) is 12.4 Å². The molecule has 0 bridgehead atoms. The van der Waals surface area contributed by atoms with Crippen LogP contribution in [0.2, 0.25) is 0 Å². The fourth-order valence-corrected chi connectivity index (χ4v) is 5.80. The number of imidazole rings is 1. The van der Waals surface area contributed by atoms with Crippen LogP contribution in [0.3, 0.4) is 0 Å². The lowest BCUT2D eigenvalue weighted by molar-refractivity contribution is -0.140. The Hall–Kier alpha value is -3.94. The van der Waals surface area contributed by atoms with Crippen molar-refractivity contribution in [3.05, 3.63) is 77.6 Å². The van der Waals surface area contributed by atoms with E-state index in [1.807, 2.05) is 55.5 Å². The Bertz CT molecular complexity index is 1320. The second kappa shape index (κ2) is 8.62. The van der Waals surface area contributed by atoms with E-state index in [2.05, 4.69) is 20.6 Å². The Kier molecular flexibility index (Phi) is 5.39. The van der Waals surface area contributed by atoms with Gasteiger partial charge in [-0.15, -0.1) is 0 Å². The maximum absolute atomic E-state index is 14.0. The van der Waals surface area contributed by atoms with Gasteiger partial charge in [0.25, 0.3) is 5.91 Å². The van der Waals surface area contributed by atoms with E-state index < -0.39 is 17.6 Å². The van der Waals surface area contributed by atoms with Gasteiger partial charge in [0.1, 0.15) is 17.4 Å². The van der Waals surface area contributed by atoms with Gasteiger partial charge in [0.05, 0.1) is 0 Å². The van der Waals surface area contributed by atoms with Crippen LogP contribution >= 0.6 is 0 Å². The van der Waals surface area contributed by atoms with Gasteiger partial charge in [-0.1, -0.05) is 49.4 Å². The molecule has 36 heavy (non-hydrogen) atoms. The molecule has 4 amide bonds. The third kappa shape index (κ3) is 3.68. The number of amides is 4. The van der Waals surface area contributed by atoms with Gasteiger partial charge in [-0.2, -0.15) is 0 Å². The van der Waals surface area contributed by atoms with E-state index in [1.165, 1.54) is 4.90 Å². The summed E-state index contributed by atoms with van der Waals surface area (Å²) in [6, 6.07) is 14.2. The zero-order valence-corrected chi connectivity index (χ0v) is 20.2. The van der Waals surface area contributed by atoms with Crippen LogP contribution in [-0.2, 0) is 28.1 Å². The first kappa shape index (κ1) is 22.5. The lowest BCUT2D eigenvalue weighted by atomic mass is 9.89. The molecule has 2 aromatic carbocycles. The van der Waals surface area contributed by atoms with Crippen LogP contribution in [-0.4, -0.2) is 38.8 Å². The van der Waals surface area contributed by atoms with Gasteiger partial charge in [-0.25, -0.2) is 14.7 Å². The van der Waals surface area contributed by atoms with E-state index in [9.17, 15) is 14.4 Å². The number of hydrogen-bond acceptors (Lipinski definition) is 4. The van der Waals surface area contributed by atoms with E-state index in [0.717, 1.165) is 40.9 Å². The second-order valence-corrected chi connectivity index (χ2v) is 10.2. The maximum Gasteiger partial charge on any atom is 0.326 e. The van der Waals surface area contributed by atoms with E-state index in [4.69, 9.17) is 0 Å². The number of benzene rings is 2. The SMILES string of the molecule is CC(C1CC1)C(C(=O)NCc1ccccc1)N1C(=O)NC2(CCc3cc(-c4ncc[nH]4)ccc32)C1=O. The van der Waals surface area contributed by atoms with Crippen LogP contribution in [0.4, 0.5) is 4.79 Å². The van der Waals surface area contributed by atoms with Crippen molar-refractivity contribution < 1.29 is 14.4 Å². The van der Waals surface area contributed by atoms with Gasteiger partial charge in [0.2, 0.25) is 5.91 Å². The molecule has 2 fully saturated rings. The standard InChI is InChI=1S/C28H29N5O3/c1-17(19-7-8-19)23(25(34)31-16-18-5-3-2-4-6-18)33-26(35)28(32-27(33)36)12-11-20-15-21(9-10-22(20)28)24-29-13-14-30-24/h2-6,9-10,13-15,17,19,23H,7-8,11-12,16H2,1H3,(H,29,30)(H,31,34)(H,32,36). The number of urea groups is 1. The normalized spacial score (nSPS) is 22.4. The summed E-state index contributed by atoms with van der Waals surface area (Å²) in [5, 5.41) is 5.98. The molecule has 1 saturated heterocycles. The molecule has 3 N–H and O–H groups in total. The van der Waals surface area contributed by atoms with Crippen molar-refractivity contribution >= 4 is 17.8 Å². The lowest BCUT2D eigenvalue weighted by Crippen LogP contribution is -2.54. The first-order valence-corrected chi connectivity index (χ1v) is 12.6. The zero-order chi connectivity index (χ0) is 24.9. The van der Waals surface area contributed by atoms with Crippen molar-refractivity contribution in [2.45, 2.75) is 50.7 Å². The Morgan fingerprint density at radius 3 is 2.72 bits per heavy atom. The monoisotopic (exact) mass is 483 g/mol. The maximum atomic E-state index is 14.0. The summed E-state index contributed by atoms with van der Waals surface area (Å²) >= 11 is 0. The minimum atomic E-state index is -1.13. The van der Waals surface area contributed by atoms with Gasteiger partial charge in [-0.05, 0) is 60.3 Å². The van der Waals surface area contributed by atoms with Crippen LogP contribution in [0.25, 0.3) is 11.4 Å².